The van der Waals surface area contributed by atoms with Crippen LogP contribution in [0.4, 0.5) is 0 Å². The van der Waals surface area contributed by atoms with Gasteiger partial charge in [0, 0.05) is 16.8 Å². The Balaban J connectivity index is 2.42. The summed E-state index contributed by atoms with van der Waals surface area (Å²) in [5, 5.41) is 3.56. The van der Waals surface area contributed by atoms with Gasteiger partial charge in [-0.15, -0.1) is 0 Å². The predicted octanol–water partition coefficient (Wildman–Crippen LogP) is 3.41. The van der Waals surface area contributed by atoms with Crippen molar-refractivity contribution in [1.82, 2.24) is 4.98 Å². The molecule has 0 radical (unpaired) electrons. The van der Waals surface area contributed by atoms with E-state index in [1.807, 2.05) is 25.1 Å². The van der Waals surface area contributed by atoms with Crippen LogP contribution in [0, 0.1) is 0 Å². The number of pyridine rings is 1. The number of rotatable bonds is 1. The van der Waals surface area contributed by atoms with E-state index < -0.39 is 0 Å². The quantitative estimate of drug-likeness (QED) is 0.641. The molecule has 0 saturated carbocycles. The zero-order valence-electron chi connectivity index (χ0n) is 9.72. The molecule has 1 heterocycles. The number of aromatic nitrogens is 1. The molecule has 0 aliphatic carbocycles. The molecular formula is C15H14N2. The van der Waals surface area contributed by atoms with E-state index >= 15 is 0 Å². The fraction of sp³-hybridized carbons (Fsp3) is 0.133. The lowest BCUT2D eigenvalue weighted by atomic mass is 10.1. The Morgan fingerprint density at radius 2 is 1.65 bits per heavy atom. The molecule has 0 spiro atoms. The van der Waals surface area contributed by atoms with E-state index in [4.69, 9.17) is 5.73 Å². The van der Waals surface area contributed by atoms with Gasteiger partial charge in [-0.1, -0.05) is 42.5 Å². The van der Waals surface area contributed by atoms with Crippen LogP contribution in [-0.2, 0) is 0 Å². The van der Waals surface area contributed by atoms with Gasteiger partial charge >= 0.3 is 0 Å². The highest BCUT2D eigenvalue weighted by molar-refractivity contribution is 6.05. The fourth-order valence-electron chi connectivity index (χ4n) is 2.13. The minimum absolute atomic E-state index is 0.0293. The molecule has 0 saturated heterocycles. The van der Waals surface area contributed by atoms with Gasteiger partial charge in [0.15, 0.2) is 0 Å². The van der Waals surface area contributed by atoms with E-state index in [9.17, 15) is 0 Å². The summed E-state index contributed by atoms with van der Waals surface area (Å²) in [6.07, 6.45) is 0. The van der Waals surface area contributed by atoms with Crippen molar-refractivity contribution in [3.63, 3.8) is 0 Å². The molecule has 3 rings (SSSR count). The van der Waals surface area contributed by atoms with E-state index in [0.717, 1.165) is 16.6 Å². The number of nitrogens with two attached hydrogens (primary N) is 1. The average Bonchev–Trinajstić information content (AvgIpc) is 2.38. The van der Waals surface area contributed by atoms with Crippen molar-refractivity contribution in [3.05, 3.63) is 54.2 Å². The van der Waals surface area contributed by atoms with Gasteiger partial charge in [-0.3, -0.25) is 4.98 Å². The zero-order valence-corrected chi connectivity index (χ0v) is 9.72. The number of hydrogen-bond donors (Lipinski definition) is 1. The third kappa shape index (κ3) is 1.67. The summed E-state index contributed by atoms with van der Waals surface area (Å²) in [6, 6.07) is 16.6. The second-order valence-corrected chi connectivity index (χ2v) is 4.38. The molecule has 3 aromatic rings. The molecule has 84 valence electrons. The number of fused-ring (bicyclic) bond motifs is 3. The van der Waals surface area contributed by atoms with Crippen LogP contribution in [0.3, 0.4) is 0 Å². The Morgan fingerprint density at radius 3 is 2.47 bits per heavy atom. The molecule has 2 N–H and O–H groups in total. The van der Waals surface area contributed by atoms with Crippen molar-refractivity contribution in [2.24, 2.45) is 5.73 Å². The van der Waals surface area contributed by atoms with Crippen molar-refractivity contribution in [3.8, 4) is 0 Å². The first-order chi connectivity index (χ1) is 8.25. The topological polar surface area (TPSA) is 38.9 Å². The van der Waals surface area contributed by atoms with Crippen molar-refractivity contribution >= 4 is 21.7 Å². The molecule has 2 aromatic carbocycles. The van der Waals surface area contributed by atoms with Crippen molar-refractivity contribution in [1.29, 1.82) is 0 Å². The smallest absolute Gasteiger partial charge is 0.0784 e. The lowest BCUT2D eigenvalue weighted by Gasteiger charge is -2.08. The molecule has 2 heteroatoms. The molecule has 0 amide bonds. The summed E-state index contributed by atoms with van der Waals surface area (Å²) < 4.78 is 0. The minimum atomic E-state index is -0.0293. The van der Waals surface area contributed by atoms with Gasteiger partial charge in [0.1, 0.15) is 0 Å². The molecule has 0 fully saturated rings. The average molecular weight is 222 g/mol. The van der Waals surface area contributed by atoms with E-state index in [1.54, 1.807) is 0 Å². The maximum atomic E-state index is 5.89. The summed E-state index contributed by atoms with van der Waals surface area (Å²) in [5.74, 6) is 0. The highest BCUT2D eigenvalue weighted by atomic mass is 14.8. The molecule has 2 nitrogen and oxygen atoms in total. The SMILES string of the molecule is CC(N)c1ccc2ccc3ccccc3c2n1. The third-order valence-electron chi connectivity index (χ3n) is 3.07. The zero-order chi connectivity index (χ0) is 11.8. The molecule has 0 aliphatic heterocycles. The Kier molecular flexibility index (Phi) is 2.30. The van der Waals surface area contributed by atoms with Crippen LogP contribution >= 0.6 is 0 Å². The number of nitrogens with zero attached hydrogens (tertiary/aromatic N) is 1. The second kappa shape index (κ2) is 3.82. The highest BCUT2D eigenvalue weighted by Crippen LogP contribution is 2.24. The molecule has 1 atom stereocenters. The Morgan fingerprint density at radius 1 is 0.941 bits per heavy atom. The van der Waals surface area contributed by atoms with Gasteiger partial charge in [-0.2, -0.15) is 0 Å². The van der Waals surface area contributed by atoms with Crippen LogP contribution in [-0.4, -0.2) is 4.98 Å². The lowest BCUT2D eigenvalue weighted by Crippen LogP contribution is -2.07. The van der Waals surface area contributed by atoms with Gasteiger partial charge in [-0.05, 0) is 18.4 Å². The molecule has 0 aliphatic rings. The summed E-state index contributed by atoms with van der Waals surface area (Å²) in [6.45, 7) is 1.96. The first-order valence-electron chi connectivity index (χ1n) is 5.80. The van der Waals surface area contributed by atoms with E-state index in [1.165, 1.54) is 10.8 Å². The molecule has 1 aromatic heterocycles. The molecular weight excluding hydrogens is 208 g/mol. The fourth-order valence-corrected chi connectivity index (χ4v) is 2.13. The van der Waals surface area contributed by atoms with Crippen molar-refractivity contribution < 1.29 is 0 Å². The van der Waals surface area contributed by atoms with Crippen LogP contribution in [0.5, 0.6) is 0 Å². The Hall–Kier alpha value is -1.93. The maximum absolute atomic E-state index is 5.89. The maximum Gasteiger partial charge on any atom is 0.0784 e. The largest absolute Gasteiger partial charge is 0.323 e. The highest BCUT2D eigenvalue weighted by Gasteiger charge is 2.05. The van der Waals surface area contributed by atoms with Gasteiger partial charge in [0.05, 0.1) is 11.2 Å². The van der Waals surface area contributed by atoms with Gasteiger partial charge in [0.25, 0.3) is 0 Å². The van der Waals surface area contributed by atoms with E-state index in [-0.39, 0.29) is 6.04 Å². The van der Waals surface area contributed by atoms with Crippen LogP contribution < -0.4 is 5.73 Å². The summed E-state index contributed by atoms with van der Waals surface area (Å²) >= 11 is 0. The standard InChI is InChI=1S/C15H14N2/c1-10(16)14-9-8-12-7-6-11-4-2-3-5-13(11)15(12)17-14/h2-10H,16H2,1H3. The first kappa shape index (κ1) is 10.2. The Labute approximate surface area is 100 Å². The number of benzene rings is 2. The van der Waals surface area contributed by atoms with Gasteiger partial charge in [0.2, 0.25) is 0 Å². The van der Waals surface area contributed by atoms with Crippen LogP contribution in [0.25, 0.3) is 21.7 Å². The summed E-state index contributed by atoms with van der Waals surface area (Å²) in [5.41, 5.74) is 7.86. The second-order valence-electron chi connectivity index (χ2n) is 4.38. The molecule has 0 bridgehead atoms. The summed E-state index contributed by atoms with van der Waals surface area (Å²) in [4.78, 5) is 4.68. The van der Waals surface area contributed by atoms with Crippen molar-refractivity contribution in [2.75, 3.05) is 0 Å². The van der Waals surface area contributed by atoms with Crippen LogP contribution in [0.2, 0.25) is 0 Å². The minimum Gasteiger partial charge on any atom is -0.323 e. The molecule has 17 heavy (non-hydrogen) atoms. The lowest BCUT2D eigenvalue weighted by molar-refractivity contribution is 0.787. The van der Waals surface area contributed by atoms with Gasteiger partial charge < -0.3 is 5.73 Å². The number of hydrogen-bond acceptors (Lipinski definition) is 2. The normalized spacial score (nSPS) is 13.1. The monoisotopic (exact) mass is 222 g/mol. The third-order valence-corrected chi connectivity index (χ3v) is 3.07. The van der Waals surface area contributed by atoms with Crippen LogP contribution in [0.1, 0.15) is 18.7 Å². The summed E-state index contributed by atoms with van der Waals surface area (Å²) in [7, 11) is 0. The van der Waals surface area contributed by atoms with Gasteiger partial charge in [-0.25, -0.2) is 0 Å². The first-order valence-corrected chi connectivity index (χ1v) is 5.80. The van der Waals surface area contributed by atoms with E-state index in [2.05, 4.69) is 35.3 Å². The van der Waals surface area contributed by atoms with Crippen LogP contribution in [0.15, 0.2) is 48.5 Å². The van der Waals surface area contributed by atoms with Crippen molar-refractivity contribution in [2.45, 2.75) is 13.0 Å². The predicted molar refractivity (Wildman–Crippen MR) is 71.9 cm³/mol. The Bertz CT molecular complexity index is 687. The van der Waals surface area contributed by atoms with E-state index in [0.29, 0.717) is 0 Å². The molecule has 1 unspecified atom stereocenters.